The van der Waals surface area contributed by atoms with Gasteiger partial charge in [-0.2, -0.15) is 0 Å². The van der Waals surface area contributed by atoms with Gasteiger partial charge in [0.25, 0.3) is 5.91 Å². The molecule has 1 aliphatic heterocycles. The van der Waals surface area contributed by atoms with Crippen molar-refractivity contribution in [3.05, 3.63) is 36.0 Å². The number of urea groups is 1. The smallest absolute Gasteiger partial charge is 0.318 e. The quantitative estimate of drug-likeness (QED) is 0.407. The third-order valence-corrected chi connectivity index (χ3v) is 4.55. The summed E-state index contributed by atoms with van der Waals surface area (Å²) in [7, 11) is 0. The number of rotatable bonds is 5. The summed E-state index contributed by atoms with van der Waals surface area (Å²) in [5.41, 5.74) is 12.0. The zero-order valence-corrected chi connectivity index (χ0v) is 15.4. The van der Waals surface area contributed by atoms with E-state index in [1.807, 2.05) is 30.5 Å². The molecular formula is C18H23N7O3. The number of benzene rings is 1. The summed E-state index contributed by atoms with van der Waals surface area (Å²) in [6.45, 7) is 1.52. The van der Waals surface area contributed by atoms with Gasteiger partial charge in [0.15, 0.2) is 0 Å². The Bertz CT molecular complexity index is 952. The monoisotopic (exact) mass is 385 g/mol. The largest absolute Gasteiger partial charge is 0.361 e. The zero-order valence-electron chi connectivity index (χ0n) is 15.4. The number of primary amides is 1. The predicted octanol–water partition coefficient (Wildman–Crippen LogP) is -0.543. The number of carbonyl (C=O) groups excluding carboxylic acids is 3. The van der Waals surface area contributed by atoms with Gasteiger partial charge in [-0.25, -0.2) is 9.79 Å². The average molecular weight is 385 g/mol. The molecule has 0 unspecified atom stereocenters. The molecule has 10 nitrogen and oxygen atoms in total. The standard InChI is InChI=1S/C18H23N7O3/c1-18(9-22-17(23-15(18)27)24-16(20)28)25-14(26)7-11(19)6-10-8-21-13-5-3-2-4-12(10)13/h2-5,8,11,21H,6-7,9,19H2,1H3,(H,25,26)(H4,20,22,23,24,27,28)/t11-,18-/m1/s1. The lowest BCUT2D eigenvalue weighted by atomic mass is 9.98. The Labute approximate surface area is 161 Å². The van der Waals surface area contributed by atoms with E-state index in [1.54, 1.807) is 6.92 Å². The summed E-state index contributed by atoms with van der Waals surface area (Å²) < 4.78 is 0. The van der Waals surface area contributed by atoms with Crippen molar-refractivity contribution in [2.24, 2.45) is 16.5 Å². The van der Waals surface area contributed by atoms with Crippen LogP contribution in [0.25, 0.3) is 10.9 Å². The second-order valence-electron chi connectivity index (χ2n) is 7.02. The summed E-state index contributed by atoms with van der Waals surface area (Å²) in [6.07, 6.45) is 2.46. The van der Waals surface area contributed by atoms with Crippen LogP contribution >= 0.6 is 0 Å². The highest BCUT2D eigenvalue weighted by atomic mass is 16.2. The van der Waals surface area contributed by atoms with E-state index in [2.05, 4.69) is 25.9 Å². The van der Waals surface area contributed by atoms with E-state index in [0.29, 0.717) is 6.42 Å². The normalized spacial score (nSPS) is 20.2. The topological polar surface area (TPSA) is 167 Å². The van der Waals surface area contributed by atoms with Gasteiger partial charge in [0, 0.05) is 29.6 Å². The number of aromatic amines is 1. The first-order valence-electron chi connectivity index (χ1n) is 8.81. The fraction of sp³-hybridized carbons (Fsp3) is 0.333. The molecule has 0 saturated carbocycles. The summed E-state index contributed by atoms with van der Waals surface area (Å²) in [4.78, 5) is 42.7. The SMILES string of the molecule is C[C@@]1(NC(=O)C[C@H](N)Cc2c[nH]c3ccccc23)CN=C(NC(N)=O)NC1=O. The maximum absolute atomic E-state index is 12.4. The molecule has 1 aliphatic rings. The van der Waals surface area contributed by atoms with Crippen LogP contribution < -0.4 is 27.4 Å². The summed E-state index contributed by atoms with van der Waals surface area (Å²) in [5.74, 6) is -0.892. The summed E-state index contributed by atoms with van der Waals surface area (Å²) >= 11 is 0. The molecule has 0 spiro atoms. The van der Waals surface area contributed by atoms with Crippen molar-refractivity contribution in [1.82, 2.24) is 20.9 Å². The molecule has 10 heteroatoms. The highest BCUT2D eigenvalue weighted by Crippen LogP contribution is 2.19. The fourth-order valence-electron chi connectivity index (χ4n) is 3.13. The minimum absolute atomic E-state index is 0.0299. The molecule has 3 rings (SSSR count). The molecule has 1 aromatic heterocycles. The van der Waals surface area contributed by atoms with Crippen molar-refractivity contribution >= 4 is 34.7 Å². The number of hydrogen-bond acceptors (Lipinski definition) is 5. The van der Waals surface area contributed by atoms with Crippen LogP contribution in [0.1, 0.15) is 18.9 Å². The number of guanidine groups is 1. The molecule has 1 aromatic carbocycles. The van der Waals surface area contributed by atoms with Gasteiger partial charge in [-0.3, -0.25) is 20.2 Å². The second kappa shape index (κ2) is 7.69. The van der Waals surface area contributed by atoms with Crippen molar-refractivity contribution in [2.75, 3.05) is 6.54 Å². The van der Waals surface area contributed by atoms with Crippen LogP contribution in [-0.4, -0.2) is 46.9 Å². The number of nitrogens with zero attached hydrogens (tertiary/aromatic N) is 1. The second-order valence-corrected chi connectivity index (χ2v) is 7.02. The molecule has 28 heavy (non-hydrogen) atoms. The molecule has 0 bridgehead atoms. The van der Waals surface area contributed by atoms with Gasteiger partial charge in [0.2, 0.25) is 11.9 Å². The molecule has 0 saturated heterocycles. The lowest BCUT2D eigenvalue weighted by Gasteiger charge is -2.32. The first kappa shape index (κ1) is 19.4. The van der Waals surface area contributed by atoms with Gasteiger partial charge in [-0.1, -0.05) is 18.2 Å². The van der Waals surface area contributed by atoms with E-state index >= 15 is 0 Å². The van der Waals surface area contributed by atoms with E-state index < -0.39 is 23.5 Å². The van der Waals surface area contributed by atoms with Crippen molar-refractivity contribution in [3.63, 3.8) is 0 Å². The number of aliphatic imine (C=N–C) groups is 1. The molecule has 4 amide bonds. The van der Waals surface area contributed by atoms with E-state index in [4.69, 9.17) is 11.5 Å². The molecule has 2 atom stereocenters. The number of hydrogen-bond donors (Lipinski definition) is 6. The van der Waals surface area contributed by atoms with Crippen LogP contribution in [0.5, 0.6) is 0 Å². The van der Waals surface area contributed by atoms with E-state index in [9.17, 15) is 14.4 Å². The van der Waals surface area contributed by atoms with Crippen LogP contribution in [0.2, 0.25) is 0 Å². The Morgan fingerprint density at radius 3 is 2.82 bits per heavy atom. The Morgan fingerprint density at radius 2 is 2.11 bits per heavy atom. The number of aromatic nitrogens is 1. The van der Waals surface area contributed by atoms with Gasteiger partial charge in [0.1, 0.15) is 5.54 Å². The Kier molecular flexibility index (Phi) is 5.32. The lowest BCUT2D eigenvalue weighted by Crippen LogP contribution is -2.65. The van der Waals surface area contributed by atoms with Crippen LogP contribution in [0.3, 0.4) is 0 Å². The average Bonchev–Trinajstić information content (AvgIpc) is 3.01. The number of fused-ring (bicyclic) bond motifs is 1. The number of carbonyl (C=O) groups is 3. The minimum atomic E-state index is -1.24. The van der Waals surface area contributed by atoms with Crippen molar-refractivity contribution in [2.45, 2.75) is 31.3 Å². The van der Waals surface area contributed by atoms with Gasteiger partial charge >= 0.3 is 6.03 Å². The van der Waals surface area contributed by atoms with Gasteiger partial charge in [-0.05, 0) is 25.0 Å². The lowest BCUT2D eigenvalue weighted by molar-refractivity contribution is -0.132. The first-order valence-corrected chi connectivity index (χ1v) is 8.81. The third-order valence-electron chi connectivity index (χ3n) is 4.55. The van der Waals surface area contributed by atoms with Crippen LogP contribution in [0, 0.1) is 0 Å². The Morgan fingerprint density at radius 1 is 1.36 bits per heavy atom. The molecule has 0 aliphatic carbocycles. The number of amides is 4. The van der Waals surface area contributed by atoms with Crippen molar-refractivity contribution in [3.8, 4) is 0 Å². The minimum Gasteiger partial charge on any atom is -0.361 e. The van der Waals surface area contributed by atoms with Crippen molar-refractivity contribution < 1.29 is 14.4 Å². The summed E-state index contributed by atoms with van der Waals surface area (Å²) in [6, 6.07) is 6.61. The van der Waals surface area contributed by atoms with Gasteiger partial charge < -0.3 is 21.8 Å². The highest BCUT2D eigenvalue weighted by molar-refractivity contribution is 6.08. The highest BCUT2D eigenvalue weighted by Gasteiger charge is 2.38. The van der Waals surface area contributed by atoms with E-state index in [0.717, 1.165) is 16.5 Å². The maximum Gasteiger partial charge on any atom is 0.318 e. The molecule has 2 aromatic rings. The van der Waals surface area contributed by atoms with E-state index in [-0.39, 0.29) is 24.8 Å². The Balaban J connectivity index is 1.58. The number of nitrogens with two attached hydrogens (primary N) is 2. The van der Waals surface area contributed by atoms with Crippen LogP contribution in [0.15, 0.2) is 35.5 Å². The first-order chi connectivity index (χ1) is 13.3. The molecule has 148 valence electrons. The summed E-state index contributed by atoms with van der Waals surface area (Å²) in [5, 5.41) is 8.35. The number of nitrogens with one attached hydrogen (secondary N) is 4. The van der Waals surface area contributed by atoms with Crippen LogP contribution in [-0.2, 0) is 16.0 Å². The van der Waals surface area contributed by atoms with E-state index in [1.165, 1.54) is 0 Å². The fourth-order valence-corrected chi connectivity index (χ4v) is 3.13. The molecule has 0 fully saturated rings. The Hall–Kier alpha value is -3.40. The molecule has 0 radical (unpaired) electrons. The zero-order chi connectivity index (χ0) is 20.3. The van der Waals surface area contributed by atoms with Crippen LogP contribution in [0.4, 0.5) is 4.79 Å². The number of para-hydroxylation sites is 1. The molecule has 8 N–H and O–H groups in total. The predicted molar refractivity (Wildman–Crippen MR) is 104 cm³/mol. The van der Waals surface area contributed by atoms with Crippen molar-refractivity contribution in [1.29, 1.82) is 0 Å². The van der Waals surface area contributed by atoms with Gasteiger partial charge in [0.05, 0.1) is 6.54 Å². The maximum atomic E-state index is 12.4. The van der Waals surface area contributed by atoms with Gasteiger partial charge in [-0.15, -0.1) is 0 Å². The third kappa shape index (κ3) is 4.29. The number of H-pyrrole nitrogens is 1. The molecule has 2 heterocycles. The molecular weight excluding hydrogens is 362 g/mol.